The molecule has 5 aliphatic heterocycles. The van der Waals surface area contributed by atoms with Crippen LogP contribution in [0.2, 0.25) is 0 Å². The van der Waals surface area contributed by atoms with E-state index in [2.05, 4.69) is 45.3 Å². The van der Waals surface area contributed by atoms with Crippen molar-refractivity contribution in [3.8, 4) is 27.4 Å². The van der Waals surface area contributed by atoms with Gasteiger partial charge in [0.25, 0.3) is 0 Å². The number of morpholine rings is 1. The number of ether oxygens (including phenoxy) is 2. The number of carbonyl (C=O) groups is 2. The number of aromatic nitrogens is 4. The second-order valence-electron chi connectivity index (χ2n) is 23.1. The Balaban J connectivity index is 0.596. The first-order valence-electron chi connectivity index (χ1n) is 28.2. The summed E-state index contributed by atoms with van der Waals surface area (Å²) >= 11 is 1.60. The SMILES string of the molecule is Cc1ncsc1-c1ccc([C@H](C)NC(=O)[C@@H]2C[C@@H](O)CN2C(=O)[C@@H](c2cc(N3CCC(OC4CCN(C[C@H]5C[C@H](N6CCOC7(CCN(c8cc(-c9ccccc9O)nnc8N)CC7)C6)C5)CC4)CC3)no2)C(C)C)cc1. The Hall–Kier alpha value is -5.70. The molecule has 5 aromatic rings. The molecule has 1 saturated carbocycles. The number of nitrogens with zero attached hydrogens (tertiary/aromatic N) is 9. The number of hydrogen-bond donors (Lipinski definition) is 4. The molecule has 412 valence electrons. The molecule has 5 N–H and O–H groups in total. The van der Waals surface area contributed by atoms with Gasteiger partial charge in [-0.25, -0.2) is 4.98 Å². The smallest absolute Gasteiger partial charge is 0.243 e. The van der Waals surface area contributed by atoms with E-state index in [1.165, 1.54) is 24.3 Å². The summed E-state index contributed by atoms with van der Waals surface area (Å²) in [7, 11) is 0. The number of rotatable bonds is 15. The predicted octanol–water partition coefficient (Wildman–Crippen LogP) is 7.03. The lowest BCUT2D eigenvalue weighted by atomic mass is 9.77. The third-order valence-electron chi connectivity index (χ3n) is 17.6. The Morgan fingerprint density at radius 2 is 1.64 bits per heavy atom. The molecule has 4 atom stereocenters. The van der Waals surface area contributed by atoms with Gasteiger partial charge in [-0.05, 0) is 106 Å². The number of hydrogen-bond acceptors (Lipinski definition) is 17. The number of benzene rings is 2. The number of piperidine rings is 3. The normalized spacial score (nSPS) is 24.6. The van der Waals surface area contributed by atoms with Gasteiger partial charge < -0.3 is 54.9 Å². The van der Waals surface area contributed by atoms with Gasteiger partial charge in [0.2, 0.25) is 11.8 Å². The lowest BCUT2D eigenvalue weighted by Crippen LogP contribution is -2.61. The molecule has 3 aromatic heterocycles. The highest BCUT2D eigenvalue weighted by Gasteiger charge is 2.46. The molecule has 6 aliphatic rings. The zero-order valence-electron chi connectivity index (χ0n) is 45.1. The van der Waals surface area contributed by atoms with Gasteiger partial charge in [0.1, 0.15) is 17.7 Å². The fraction of sp³-hybridized carbons (Fsp3) is 0.586. The van der Waals surface area contributed by atoms with E-state index in [0.29, 0.717) is 34.7 Å². The monoisotopic (exact) mass is 1070 g/mol. The van der Waals surface area contributed by atoms with E-state index in [1.807, 2.05) is 81.7 Å². The molecule has 77 heavy (non-hydrogen) atoms. The van der Waals surface area contributed by atoms with Crippen LogP contribution in [0.3, 0.4) is 0 Å². The number of aliphatic hydroxyl groups excluding tert-OH is 1. The van der Waals surface area contributed by atoms with Crippen LogP contribution in [0, 0.1) is 18.8 Å². The van der Waals surface area contributed by atoms with Gasteiger partial charge in [-0.2, -0.15) is 0 Å². The van der Waals surface area contributed by atoms with Crippen LogP contribution in [0.25, 0.3) is 21.7 Å². The molecule has 0 radical (unpaired) electrons. The fourth-order valence-corrected chi connectivity index (χ4v) is 13.8. The van der Waals surface area contributed by atoms with Crippen molar-refractivity contribution in [3.05, 3.63) is 83.2 Å². The molecule has 2 aromatic carbocycles. The van der Waals surface area contributed by atoms with Crippen LogP contribution in [0.5, 0.6) is 5.75 Å². The molecule has 1 spiro atoms. The van der Waals surface area contributed by atoms with Gasteiger partial charge in [-0.15, -0.1) is 21.5 Å². The maximum Gasteiger partial charge on any atom is 0.243 e. The summed E-state index contributed by atoms with van der Waals surface area (Å²) in [6.07, 6.45) is 8.12. The van der Waals surface area contributed by atoms with E-state index < -0.39 is 18.1 Å². The van der Waals surface area contributed by atoms with Gasteiger partial charge >= 0.3 is 0 Å². The number of nitrogens with two attached hydrogens (primary N) is 1. The Morgan fingerprint density at radius 1 is 0.909 bits per heavy atom. The van der Waals surface area contributed by atoms with Crippen LogP contribution in [0.15, 0.2) is 70.7 Å². The molecule has 8 heterocycles. The van der Waals surface area contributed by atoms with E-state index in [0.717, 1.165) is 131 Å². The van der Waals surface area contributed by atoms with Crippen molar-refractivity contribution in [2.45, 2.75) is 133 Å². The maximum absolute atomic E-state index is 14.4. The number of likely N-dealkylation sites (tertiary alicyclic amines) is 2. The van der Waals surface area contributed by atoms with Crippen molar-refractivity contribution in [3.63, 3.8) is 0 Å². The van der Waals surface area contributed by atoms with E-state index in [4.69, 9.17) is 19.7 Å². The van der Waals surface area contributed by atoms with E-state index in [9.17, 15) is 19.8 Å². The standard InChI is InChI=1S/C58H77N11O7S/c1-36(2)53(57(73)69-33-43(70)29-49(69)56(72)61-37(3)40-9-11-41(12-10-40)54-38(4)60-35-77-54)51-31-52(64-76-51)67-21-15-45(16-22-67)75-44-13-19-65(20-14-44)32-39-27-42(28-39)68-25-26-74-58(34-68)17-23-66(24-18-58)48-30-47(62-63-55(48)59)46-7-5-6-8-50(46)71/h5-12,30-31,35-37,39,42-45,49,53,70-71H,13-29,32-34H2,1-4H3,(H2,59,63)(H,61,72)/t37-,39-,42-,43+,49-,53+/m0/s1. The molecule has 18 nitrogen and oxygen atoms in total. The zero-order valence-corrected chi connectivity index (χ0v) is 46.0. The fourth-order valence-electron chi connectivity index (χ4n) is 13.0. The third kappa shape index (κ3) is 11.7. The third-order valence-corrected chi connectivity index (χ3v) is 18.6. The molecular weight excluding hydrogens is 995 g/mol. The predicted molar refractivity (Wildman–Crippen MR) is 297 cm³/mol. The van der Waals surface area contributed by atoms with E-state index >= 15 is 0 Å². The van der Waals surface area contributed by atoms with Gasteiger partial charge in [0.15, 0.2) is 17.4 Å². The lowest BCUT2D eigenvalue weighted by molar-refractivity contribution is -0.141. The van der Waals surface area contributed by atoms with Crippen molar-refractivity contribution in [1.82, 2.24) is 40.4 Å². The van der Waals surface area contributed by atoms with Crippen molar-refractivity contribution in [2.75, 3.05) is 87.6 Å². The molecule has 1 aliphatic carbocycles. The van der Waals surface area contributed by atoms with Crippen molar-refractivity contribution >= 4 is 40.5 Å². The van der Waals surface area contributed by atoms with Crippen LogP contribution in [-0.4, -0.2) is 165 Å². The second-order valence-corrected chi connectivity index (χ2v) is 24.0. The van der Waals surface area contributed by atoms with E-state index in [1.54, 1.807) is 23.5 Å². The molecule has 2 amide bonds. The number of phenolic OH excluding ortho intramolecular Hbond substituents is 1. The highest BCUT2D eigenvalue weighted by molar-refractivity contribution is 7.13. The van der Waals surface area contributed by atoms with Crippen LogP contribution < -0.4 is 20.9 Å². The summed E-state index contributed by atoms with van der Waals surface area (Å²) in [5.74, 6) is 1.18. The number of aryl methyl sites for hydroxylation is 1. The number of carbonyl (C=O) groups excluding carboxylic acids is 2. The molecule has 0 bridgehead atoms. The average Bonchev–Trinajstić information content (AvgIpc) is 4.21. The number of phenols is 1. The number of amides is 2. The van der Waals surface area contributed by atoms with Gasteiger partial charge in [0, 0.05) is 89.5 Å². The minimum atomic E-state index is -0.802. The quantitative estimate of drug-likeness (QED) is 0.0829. The highest BCUT2D eigenvalue weighted by atomic mass is 32.1. The van der Waals surface area contributed by atoms with Crippen molar-refractivity contribution < 1.29 is 33.8 Å². The number of aromatic hydroxyl groups is 1. The van der Waals surface area contributed by atoms with Crippen molar-refractivity contribution in [1.29, 1.82) is 0 Å². The number of β-amino-alcohol motifs (C(OH)–C–C–N with tert-alkyl or cyclic N) is 1. The number of para-hydroxylation sites is 1. The first-order valence-corrected chi connectivity index (χ1v) is 29.1. The lowest BCUT2D eigenvalue weighted by Gasteiger charge is -2.53. The van der Waals surface area contributed by atoms with Gasteiger partial charge in [-0.1, -0.05) is 55.4 Å². The summed E-state index contributed by atoms with van der Waals surface area (Å²) in [6.45, 7) is 17.3. The average molecular weight is 1070 g/mol. The summed E-state index contributed by atoms with van der Waals surface area (Å²) < 4.78 is 19.3. The number of nitrogen functional groups attached to an aromatic ring is 1. The highest BCUT2D eigenvalue weighted by Crippen LogP contribution is 2.41. The molecule has 19 heteroatoms. The Labute approximate surface area is 456 Å². The molecular formula is C58H77N11O7S. The van der Waals surface area contributed by atoms with Crippen molar-refractivity contribution in [2.24, 2.45) is 11.8 Å². The first-order chi connectivity index (χ1) is 37.3. The van der Waals surface area contributed by atoms with Crippen LogP contribution >= 0.6 is 11.3 Å². The first kappa shape index (κ1) is 53.3. The molecule has 5 saturated heterocycles. The Bertz CT molecular complexity index is 2820. The number of nitrogens with one attached hydrogen (secondary N) is 1. The molecule has 0 unspecified atom stereocenters. The minimum absolute atomic E-state index is 0.0838. The zero-order chi connectivity index (χ0) is 53.4. The second kappa shape index (κ2) is 22.9. The van der Waals surface area contributed by atoms with Crippen LogP contribution in [0.4, 0.5) is 17.3 Å². The summed E-state index contributed by atoms with van der Waals surface area (Å²) in [5.41, 5.74) is 13.2. The van der Waals surface area contributed by atoms with Crippen LogP contribution in [0.1, 0.15) is 108 Å². The summed E-state index contributed by atoms with van der Waals surface area (Å²) in [4.78, 5) is 45.1. The van der Waals surface area contributed by atoms with Gasteiger partial charge in [-0.3, -0.25) is 14.5 Å². The number of anilines is 3. The molecule has 6 fully saturated rings. The Kier molecular flexibility index (Phi) is 15.9. The van der Waals surface area contributed by atoms with Crippen LogP contribution in [-0.2, 0) is 19.1 Å². The minimum Gasteiger partial charge on any atom is -0.507 e. The topological polar surface area (TPSA) is 212 Å². The van der Waals surface area contributed by atoms with E-state index in [-0.39, 0.29) is 60.3 Å². The molecule has 11 rings (SSSR count). The summed E-state index contributed by atoms with van der Waals surface area (Å²) in [6, 6.07) is 18.7. The van der Waals surface area contributed by atoms with Gasteiger partial charge in [0.05, 0.1) is 64.0 Å². The summed E-state index contributed by atoms with van der Waals surface area (Å²) in [5, 5.41) is 37.3. The largest absolute Gasteiger partial charge is 0.507 e. The number of aliphatic hydroxyl groups is 1. The maximum atomic E-state index is 14.4. The Morgan fingerprint density at radius 3 is 2.34 bits per heavy atom. The number of thiazole rings is 1.